The SMILES string of the molecule is CCOc1ccc(/C=C2\C(=O)NC(=S)N(c3ccc(C)c(Cl)c3)C2=O)cc1OC. The fourth-order valence-electron chi connectivity index (χ4n) is 2.83. The molecule has 0 unspecified atom stereocenters. The fraction of sp³-hybridized carbons (Fsp3) is 0.190. The molecule has 2 aromatic rings. The summed E-state index contributed by atoms with van der Waals surface area (Å²) in [4.78, 5) is 26.8. The Morgan fingerprint density at radius 3 is 2.59 bits per heavy atom. The number of carbonyl (C=O) groups excluding carboxylic acids is 2. The Hall–Kier alpha value is -2.90. The molecule has 8 heteroatoms. The lowest BCUT2D eigenvalue weighted by Crippen LogP contribution is -2.54. The summed E-state index contributed by atoms with van der Waals surface area (Å²) in [5.41, 5.74) is 1.90. The van der Waals surface area contributed by atoms with Crippen LogP contribution in [0.15, 0.2) is 42.0 Å². The van der Waals surface area contributed by atoms with Crippen molar-refractivity contribution in [2.24, 2.45) is 0 Å². The molecular weight excluding hydrogens is 412 g/mol. The molecule has 6 nitrogen and oxygen atoms in total. The van der Waals surface area contributed by atoms with Gasteiger partial charge in [0.1, 0.15) is 5.57 Å². The van der Waals surface area contributed by atoms with Gasteiger partial charge in [-0.15, -0.1) is 0 Å². The van der Waals surface area contributed by atoms with Crippen molar-refractivity contribution >= 4 is 52.5 Å². The van der Waals surface area contributed by atoms with Crippen LogP contribution in [0.2, 0.25) is 5.02 Å². The molecule has 1 heterocycles. The molecule has 1 N–H and O–H groups in total. The van der Waals surface area contributed by atoms with Crippen LogP contribution in [-0.4, -0.2) is 30.6 Å². The Bertz CT molecular complexity index is 1040. The topological polar surface area (TPSA) is 67.9 Å². The van der Waals surface area contributed by atoms with Crippen molar-refractivity contribution in [2.75, 3.05) is 18.6 Å². The molecule has 1 aliphatic rings. The van der Waals surface area contributed by atoms with Crippen LogP contribution in [0.3, 0.4) is 0 Å². The standard InChI is InChI=1S/C21H19ClN2O4S/c1-4-28-17-8-6-13(10-18(17)27-3)9-15-19(25)23-21(29)24(20(15)26)14-7-5-12(2)16(22)11-14/h5-11H,4H2,1-3H3,(H,23,25,29)/b15-9+. The van der Waals surface area contributed by atoms with Gasteiger partial charge in [0.15, 0.2) is 16.6 Å². The molecule has 0 aromatic heterocycles. The maximum absolute atomic E-state index is 13.1. The van der Waals surface area contributed by atoms with Gasteiger partial charge in [-0.25, -0.2) is 0 Å². The van der Waals surface area contributed by atoms with E-state index in [1.165, 1.54) is 18.1 Å². The maximum atomic E-state index is 13.1. The number of methoxy groups -OCH3 is 1. The van der Waals surface area contributed by atoms with E-state index >= 15 is 0 Å². The lowest BCUT2D eigenvalue weighted by Gasteiger charge is -2.29. The highest BCUT2D eigenvalue weighted by atomic mass is 35.5. The Morgan fingerprint density at radius 1 is 1.17 bits per heavy atom. The summed E-state index contributed by atoms with van der Waals surface area (Å²) in [7, 11) is 1.52. The summed E-state index contributed by atoms with van der Waals surface area (Å²) in [6.07, 6.45) is 1.49. The zero-order valence-corrected chi connectivity index (χ0v) is 17.7. The number of hydrogen-bond acceptors (Lipinski definition) is 5. The van der Waals surface area contributed by atoms with Crippen LogP contribution in [0, 0.1) is 6.92 Å². The molecule has 2 amide bonds. The number of ether oxygens (including phenoxy) is 2. The largest absolute Gasteiger partial charge is 0.493 e. The third kappa shape index (κ3) is 4.26. The minimum Gasteiger partial charge on any atom is -0.493 e. The van der Waals surface area contributed by atoms with Crippen LogP contribution < -0.4 is 19.7 Å². The Balaban J connectivity index is 2.00. The molecule has 1 aliphatic heterocycles. The molecule has 0 saturated carbocycles. The van der Waals surface area contributed by atoms with Gasteiger partial charge in [0.2, 0.25) is 0 Å². The quantitative estimate of drug-likeness (QED) is 0.443. The van der Waals surface area contributed by atoms with Crippen molar-refractivity contribution in [2.45, 2.75) is 13.8 Å². The van der Waals surface area contributed by atoms with Crippen LogP contribution in [0.5, 0.6) is 11.5 Å². The smallest absolute Gasteiger partial charge is 0.270 e. The number of nitrogens with zero attached hydrogens (tertiary/aromatic N) is 1. The molecule has 3 rings (SSSR count). The van der Waals surface area contributed by atoms with Crippen LogP contribution in [0.25, 0.3) is 6.08 Å². The van der Waals surface area contributed by atoms with E-state index in [2.05, 4.69) is 5.32 Å². The monoisotopic (exact) mass is 430 g/mol. The van der Waals surface area contributed by atoms with Gasteiger partial charge in [0.05, 0.1) is 19.4 Å². The number of amides is 2. The molecular formula is C21H19ClN2O4S. The first-order valence-corrected chi connectivity index (χ1v) is 9.62. The van der Waals surface area contributed by atoms with Crippen LogP contribution in [0.1, 0.15) is 18.1 Å². The van der Waals surface area contributed by atoms with Crippen LogP contribution in [0.4, 0.5) is 5.69 Å². The summed E-state index contributed by atoms with van der Waals surface area (Å²) in [5, 5.41) is 3.05. The van der Waals surface area contributed by atoms with Gasteiger partial charge in [-0.2, -0.15) is 0 Å². The Labute approximate surface area is 179 Å². The van der Waals surface area contributed by atoms with E-state index in [1.54, 1.807) is 36.4 Å². The predicted octanol–water partition coefficient (Wildman–Crippen LogP) is 3.89. The van der Waals surface area contributed by atoms with Gasteiger partial charge < -0.3 is 9.47 Å². The number of benzene rings is 2. The van der Waals surface area contributed by atoms with Crippen LogP contribution >= 0.6 is 23.8 Å². The molecule has 29 heavy (non-hydrogen) atoms. The summed E-state index contributed by atoms with van der Waals surface area (Å²) in [6, 6.07) is 10.3. The molecule has 0 bridgehead atoms. The lowest BCUT2D eigenvalue weighted by atomic mass is 10.1. The fourth-order valence-corrected chi connectivity index (χ4v) is 3.28. The highest BCUT2D eigenvalue weighted by molar-refractivity contribution is 7.80. The third-order valence-electron chi connectivity index (χ3n) is 4.31. The molecule has 0 aliphatic carbocycles. The maximum Gasteiger partial charge on any atom is 0.270 e. The molecule has 150 valence electrons. The third-order valence-corrected chi connectivity index (χ3v) is 5.01. The van der Waals surface area contributed by atoms with Gasteiger partial charge in [0, 0.05) is 5.02 Å². The molecule has 0 radical (unpaired) electrons. The van der Waals surface area contributed by atoms with Gasteiger partial charge in [0.25, 0.3) is 11.8 Å². The Kier molecular flexibility index (Phi) is 6.20. The lowest BCUT2D eigenvalue weighted by molar-refractivity contribution is -0.122. The number of carbonyl (C=O) groups is 2. The minimum atomic E-state index is -0.567. The minimum absolute atomic E-state index is 0.00124. The Morgan fingerprint density at radius 2 is 1.93 bits per heavy atom. The van der Waals surface area contributed by atoms with Crippen molar-refractivity contribution in [3.63, 3.8) is 0 Å². The summed E-state index contributed by atoms with van der Waals surface area (Å²) in [5.74, 6) is -0.0231. The van der Waals surface area contributed by atoms with Gasteiger partial charge in [-0.1, -0.05) is 23.7 Å². The van der Waals surface area contributed by atoms with E-state index in [-0.39, 0.29) is 10.7 Å². The second kappa shape index (κ2) is 8.63. The van der Waals surface area contributed by atoms with E-state index in [0.717, 1.165) is 5.56 Å². The zero-order valence-electron chi connectivity index (χ0n) is 16.1. The van der Waals surface area contributed by atoms with Gasteiger partial charge in [-0.05, 0) is 67.5 Å². The number of nitrogens with one attached hydrogen (secondary N) is 1. The van der Waals surface area contributed by atoms with E-state index in [0.29, 0.717) is 34.4 Å². The van der Waals surface area contributed by atoms with Crippen LogP contribution in [-0.2, 0) is 9.59 Å². The highest BCUT2D eigenvalue weighted by Crippen LogP contribution is 2.30. The average Bonchev–Trinajstić information content (AvgIpc) is 2.69. The van der Waals surface area contributed by atoms with E-state index < -0.39 is 11.8 Å². The zero-order chi connectivity index (χ0) is 21.1. The van der Waals surface area contributed by atoms with E-state index in [4.69, 9.17) is 33.3 Å². The number of halogens is 1. The summed E-state index contributed by atoms with van der Waals surface area (Å²) < 4.78 is 10.8. The number of anilines is 1. The first-order chi connectivity index (χ1) is 13.8. The van der Waals surface area contributed by atoms with Crippen molar-refractivity contribution < 1.29 is 19.1 Å². The molecule has 0 atom stereocenters. The van der Waals surface area contributed by atoms with Gasteiger partial charge in [-0.3, -0.25) is 19.8 Å². The summed E-state index contributed by atoms with van der Waals surface area (Å²) in [6.45, 7) is 4.22. The number of hydrogen-bond donors (Lipinski definition) is 1. The highest BCUT2D eigenvalue weighted by Gasteiger charge is 2.34. The van der Waals surface area contributed by atoms with E-state index in [9.17, 15) is 9.59 Å². The van der Waals surface area contributed by atoms with E-state index in [1.807, 2.05) is 13.8 Å². The number of rotatable bonds is 5. The molecule has 0 spiro atoms. The molecule has 1 fully saturated rings. The normalized spacial score (nSPS) is 15.5. The van der Waals surface area contributed by atoms with Crippen molar-refractivity contribution in [1.29, 1.82) is 0 Å². The molecule has 1 saturated heterocycles. The predicted molar refractivity (Wildman–Crippen MR) is 117 cm³/mol. The number of thiocarbonyl (C=S) groups is 1. The van der Waals surface area contributed by atoms with Gasteiger partial charge >= 0.3 is 0 Å². The van der Waals surface area contributed by atoms with Crippen molar-refractivity contribution in [3.8, 4) is 11.5 Å². The molecule has 2 aromatic carbocycles. The average molecular weight is 431 g/mol. The second-order valence-corrected chi connectivity index (χ2v) is 7.03. The number of aryl methyl sites for hydroxylation is 1. The first-order valence-electron chi connectivity index (χ1n) is 8.84. The summed E-state index contributed by atoms with van der Waals surface area (Å²) >= 11 is 11.4. The van der Waals surface area contributed by atoms with Crippen molar-refractivity contribution in [3.05, 3.63) is 58.1 Å². The van der Waals surface area contributed by atoms with Crippen molar-refractivity contribution in [1.82, 2.24) is 5.32 Å². The first kappa shape index (κ1) is 20.8. The second-order valence-electron chi connectivity index (χ2n) is 6.23.